The van der Waals surface area contributed by atoms with Crippen molar-refractivity contribution in [1.29, 1.82) is 0 Å². The fourth-order valence-electron chi connectivity index (χ4n) is 2.51. The van der Waals surface area contributed by atoms with E-state index in [2.05, 4.69) is 4.72 Å². The van der Waals surface area contributed by atoms with Gasteiger partial charge in [0.05, 0.1) is 5.56 Å². The zero-order chi connectivity index (χ0) is 19.6. The number of rotatable bonds is 6. The van der Waals surface area contributed by atoms with Crippen LogP contribution >= 0.6 is 0 Å². The zero-order valence-electron chi connectivity index (χ0n) is 14.9. The van der Waals surface area contributed by atoms with Gasteiger partial charge in [0, 0.05) is 6.54 Å². The van der Waals surface area contributed by atoms with E-state index in [0.29, 0.717) is 29.7 Å². The molecule has 0 aliphatic carbocycles. The molecule has 0 bridgehead atoms. The first-order valence-electron chi connectivity index (χ1n) is 8.26. The van der Waals surface area contributed by atoms with Crippen molar-refractivity contribution in [3.05, 3.63) is 59.7 Å². The highest BCUT2D eigenvalue weighted by Gasteiger charge is 2.35. The molecule has 0 fully saturated rings. The first-order valence-corrected chi connectivity index (χ1v) is 9.75. The second-order valence-corrected chi connectivity index (χ2v) is 8.88. The highest BCUT2D eigenvalue weighted by atomic mass is 32.2. The van der Waals surface area contributed by atoms with E-state index in [1.807, 2.05) is 6.92 Å². The summed E-state index contributed by atoms with van der Waals surface area (Å²) >= 11 is 0. The van der Waals surface area contributed by atoms with Gasteiger partial charge in [0.15, 0.2) is 0 Å². The quantitative estimate of drug-likeness (QED) is 0.766. The van der Waals surface area contributed by atoms with Crippen molar-refractivity contribution >= 4 is 10.0 Å². The van der Waals surface area contributed by atoms with Crippen molar-refractivity contribution in [3.63, 3.8) is 0 Å². The van der Waals surface area contributed by atoms with Crippen LogP contribution in [0.4, 0.5) is 13.2 Å². The van der Waals surface area contributed by atoms with E-state index >= 15 is 0 Å². The summed E-state index contributed by atoms with van der Waals surface area (Å²) < 4.78 is 65.0. The van der Waals surface area contributed by atoms with Gasteiger partial charge in [0.25, 0.3) is 0 Å². The Bertz CT molecular complexity index is 857. The standard InChI is InChI=1S/C19H22F3NO2S/c1-4-12-23-26(24,25)18(2,3)16-10-8-14(9-11-16)15-6-5-7-17(13-15)19(20,21)22/h5-11,13,23H,4,12H2,1-3H3. The molecule has 0 saturated heterocycles. The normalized spacial score (nSPS) is 13.0. The van der Waals surface area contributed by atoms with Gasteiger partial charge in [0.1, 0.15) is 4.75 Å². The minimum Gasteiger partial charge on any atom is -0.214 e. The fraction of sp³-hybridized carbons (Fsp3) is 0.368. The second kappa shape index (κ2) is 7.40. The lowest BCUT2D eigenvalue weighted by Crippen LogP contribution is -2.39. The summed E-state index contributed by atoms with van der Waals surface area (Å²) in [5.41, 5.74) is 0.869. The lowest BCUT2D eigenvalue weighted by molar-refractivity contribution is -0.137. The molecule has 0 atom stereocenters. The molecule has 0 saturated carbocycles. The number of hydrogen-bond donors (Lipinski definition) is 1. The number of alkyl halides is 3. The molecule has 1 N–H and O–H groups in total. The maximum absolute atomic E-state index is 12.9. The van der Waals surface area contributed by atoms with Gasteiger partial charge in [-0.15, -0.1) is 0 Å². The predicted molar refractivity (Wildman–Crippen MR) is 97.1 cm³/mol. The minimum atomic E-state index is -4.41. The smallest absolute Gasteiger partial charge is 0.214 e. The Morgan fingerprint density at radius 2 is 1.54 bits per heavy atom. The molecule has 3 nitrogen and oxygen atoms in total. The van der Waals surface area contributed by atoms with E-state index in [1.165, 1.54) is 6.07 Å². The summed E-state index contributed by atoms with van der Waals surface area (Å²) in [5, 5.41) is 0. The largest absolute Gasteiger partial charge is 0.416 e. The van der Waals surface area contributed by atoms with E-state index < -0.39 is 26.5 Å². The lowest BCUT2D eigenvalue weighted by Gasteiger charge is -2.26. The van der Waals surface area contributed by atoms with Crippen molar-refractivity contribution in [1.82, 2.24) is 4.72 Å². The third-order valence-corrected chi connectivity index (χ3v) is 6.48. The number of sulfonamides is 1. The average Bonchev–Trinajstić information content (AvgIpc) is 2.59. The summed E-state index contributed by atoms with van der Waals surface area (Å²) in [5.74, 6) is 0. The van der Waals surface area contributed by atoms with Crippen LogP contribution in [0.3, 0.4) is 0 Å². The van der Waals surface area contributed by atoms with Gasteiger partial charge in [-0.1, -0.05) is 43.3 Å². The van der Waals surface area contributed by atoms with Gasteiger partial charge >= 0.3 is 6.18 Å². The maximum atomic E-state index is 12.9. The van der Waals surface area contributed by atoms with E-state index in [4.69, 9.17) is 0 Å². The summed E-state index contributed by atoms with van der Waals surface area (Å²) in [7, 11) is -3.58. The predicted octanol–water partition coefficient (Wildman–Crippen LogP) is 4.94. The molecule has 0 unspecified atom stereocenters. The van der Waals surface area contributed by atoms with Crippen molar-refractivity contribution in [2.24, 2.45) is 0 Å². The van der Waals surface area contributed by atoms with Crippen LogP contribution in [0.5, 0.6) is 0 Å². The Balaban J connectivity index is 2.34. The first-order chi connectivity index (χ1) is 12.0. The van der Waals surface area contributed by atoms with Crippen LogP contribution in [0.15, 0.2) is 48.5 Å². The molecule has 2 aromatic rings. The molecular weight excluding hydrogens is 363 g/mol. The van der Waals surface area contributed by atoms with Crippen molar-refractivity contribution in [2.45, 2.75) is 38.1 Å². The van der Waals surface area contributed by atoms with Crippen LogP contribution in [-0.4, -0.2) is 15.0 Å². The number of halogens is 3. The third-order valence-electron chi connectivity index (χ3n) is 4.32. The maximum Gasteiger partial charge on any atom is 0.416 e. The van der Waals surface area contributed by atoms with Crippen molar-refractivity contribution in [2.75, 3.05) is 6.54 Å². The van der Waals surface area contributed by atoms with Crippen LogP contribution in [-0.2, 0) is 20.9 Å². The molecule has 0 radical (unpaired) electrons. The molecule has 7 heteroatoms. The van der Waals surface area contributed by atoms with Gasteiger partial charge in [0.2, 0.25) is 10.0 Å². The Labute approximate surface area is 152 Å². The monoisotopic (exact) mass is 385 g/mol. The highest BCUT2D eigenvalue weighted by molar-refractivity contribution is 7.90. The molecule has 0 heterocycles. The molecule has 0 aliphatic rings. The highest BCUT2D eigenvalue weighted by Crippen LogP contribution is 2.34. The summed E-state index contributed by atoms with van der Waals surface area (Å²) in [4.78, 5) is 0. The van der Waals surface area contributed by atoms with E-state index in [0.717, 1.165) is 12.1 Å². The van der Waals surface area contributed by atoms with Gasteiger partial charge in [-0.2, -0.15) is 13.2 Å². The van der Waals surface area contributed by atoms with Gasteiger partial charge in [-0.25, -0.2) is 13.1 Å². The van der Waals surface area contributed by atoms with Crippen LogP contribution < -0.4 is 4.72 Å². The molecule has 0 amide bonds. The van der Waals surface area contributed by atoms with Gasteiger partial charge in [-0.3, -0.25) is 0 Å². The molecule has 2 aromatic carbocycles. The molecule has 0 spiro atoms. The van der Waals surface area contributed by atoms with E-state index in [1.54, 1.807) is 44.2 Å². The minimum absolute atomic E-state index is 0.355. The lowest BCUT2D eigenvalue weighted by atomic mass is 9.97. The first kappa shape index (κ1) is 20.5. The van der Waals surface area contributed by atoms with E-state index in [9.17, 15) is 21.6 Å². The number of nitrogens with one attached hydrogen (secondary N) is 1. The Morgan fingerprint density at radius 3 is 2.08 bits per heavy atom. The molecule has 26 heavy (non-hydrogen) atoms. The van der Waals surface area contributed by atoms with Crippen LogP contribution in [0.2, 0.25) is 0 Å². The zero-order valence-corrected chi connectivity index (χ0v) is 15.7. The Kier molecular flexibility index (Phi) is 5.82. The molecule has 0 aliphatic heterocycles. The van der Waals surface area contributed by atoms with Crippen molar-refractivity contribution < 1.29 is 21.6 Å². The van der Waals surface area contributed by atoms with Crippen LogP contribution in [0.1, 0.15) is 38.3 Å². The van der Waals surface area contributed by atoms with Crippen LogP contribution in [0, 0.1) is 0 Å². The SMILES string of the molecule is CCCNS(=O)(=O)C(C)(C)c1ccc(-c2cccc(C(F)(F)F)c2)cc1. The molecule has 142 valence electrons. The summed E-state index contributed by atoms with van der Waals surface area (Å²) in [6.45, 7) is 5.43. The summed E-state index contributed by atoms with van der Waals surface area (Å²) in [6.07, 6.45) is -3.72. The van der Waals surface area contributed by atoms with E-state index in [-0.39, 0.29) is 0 Å². The van der Waals surface area contributed by atoms with Crippen molar-refractivity contribution in [3.8, 4) is 11.1 Å². The second-order valence-electron chi connectivity index (χ2n) is 6.56. The molecular formula is C19H22F3NO2S. The molecule has 0 aromatic heterocycles. The van der Waals surface area contributed by atoms with Crippen LogP contribution in [0.25, 0.3) is 11.1 Å². The number of hydrogen-bond acceptors (Lipinski definition) is 2. The Hall–Kier alpha value is -1.86. The molecule has 2 rings (SSSR count). The topological polar surface area (TPSA) is 46.2 Å². The summed E-state index contributed by atoms with van der Waals surface area (Å²) in [6, 6.07) is 11.6. The fourth-order valence-corrected chi connectivity index (χ4v) is 3.79. The van der Waals surface area contributed by atoms with Gasteiger partial charge < -0.3 is 0 Å². The average molecular weight is 385 g/mol. The Morgan fingerprint density at radius 1 is 0.923 bits per heavy atom. The third kappa shape index (κ3) is 4.27. The number of benzene rings is 2. The van der Waals surface area contributed by atoms with Gasteiger partial charge in [-0.05, 0) is 49.1 Å².